The second-order valence-electron chi connectivity index (χ2n) is 5.49. The zero-order chi connectivity index (χ0) is 13.7. The number of carbonyl (C=O) groups excluding carboxylic acids is 1. The van der Waals surface area contributed by atoms with Crippen molar-refractivity contribution >= 4 is 11.6 Å². The Hall–Kier alpha value is -1.51. The van der Waals surface area contributed by atoms with Crippen LogP contribution in [0.25, 0.3) is 0 Å². The predicted molar refractivity (Wildman–Crippen MR) is 79.1 cm³/mol. The Bertz CT molecular complexity index is 412. The molecule has 104 valence electrons. The number of hydrogen-bond acceptors (Lipinski definition) is 2. The Morgan fingerprint density at radius 2 is 1.95 bits per heavy atom. The van der Waals surface area contributed by atoms with Gasteiger partial charge in [0, 0.05) is 18.8 Å². The molecular formula is C16H24N2O. The highest BCUT2D eigenvalue weighted by Crippen LogP contribution is 2.36. The van der Waals surface area contributed by atoms with Gasteiger partial charge in [-0.25, -0.2) is 0 Å². The summed E-state index contributed by atoms with van der Waals surface area (Å²) in [4.78, 5) is 14.2. The molecule has 1 amide bonds. The molecule has 0 atom stereocenters. The molecule has 1 heterocycles. The molecule has 0 saturated carbocycles. The Kier molecular flexibility index (Phi) is 4.46. The van der Waals surface area contributed by atoms with Crippen molar-refractivity contribution < 1.29 is 4.79 Å². The van der Waals surface area contributed by atoms with Gasteiger partial charge in [0.1, 0.15) is 0 Å². The van der Waals surface area contributed by atoms with Gasteiger partial charge in [-0.15, -0.1) is 0 Å². The van der Waals surface area contributed by atoms with Gasteiger partial charge < -0.3 is 10.2 Å². The first-order valence-corrected chi connectivity index (χ1v) is 7.26. The Morgan fingerprint density at radius 3 is 2.53 bits per heavy atom. The van der Waals surface area contributed by atoms with E-state index in [1.807, 2.05) is 35.2 Å². The highest BCUT2D eigenvalue weighted by atomic mass is 16.2. The molecular weight excluding hydrogens is 236 g/mol. The molecule has 3 nitrogen and oxygen atoms in total. The van der Waals surface area contributed by atoms with Gasteiger partial charge in [-0.2, -0.15) is 0 Å². The number of anilines is 1. The molecule has 0 spiro atoms. The molecule has 19 heavy (non-hydrogen) atoms. The molecule has 1 fully saturated rings. The zero-order valence-corrected chi connectivity index (χ0v) is 12.0. The Morgan fingerprint density at radius 1 is 1.26 bits per heavy atom. The SMILES string of the molecule is CCC1(CC)CCN(C(=O)CNc2ccccc2)C1. The van der Waals surface area contributed by atoms with E-state index in [0.29, 0.717) is 12.0 Å². The number of para-hydroxylation sites is 1. The summed E-state index contributed by atoms with van der Waals surface area (Å²) in [5, 5.41) is 3.19. The van der Waals surface area contributed by atoms with E-state index in [2.05, 4.69) is 19.2 Å². The standard InChI is InChI=1S/C16H24N2O/c1-3-16(4-2)10-11-18(13-16)15(19)12-17-14-8-6-5-7-9-14/h5-9,17H,3-4,10-13H2,1-2H3. The van der Waals surface area contributed by atoms with Crippen molar-refractivity contribution in [2.75, 3.05) is 25.0 Å². The second kappa shape index (κ2) is 6.09. The van der Waals surface area contributed by atoms with Crippen molar-refractivity contribution in [3.63, 3.8) is 0 Å². The van der Waals surface area contributed by atoms with Gasteiger partial charge >= 0.3 is 0 Å². The largest absolute Gasteiger partial charge is 0.376 e. The first kappa shape index (κ1) is 13.9. The number of nitrogens with zero attached hydrogens (tertiary/aromatic N) is 1. The van der Waals surface area contributed by atoms with E-state index in [4.69, 9.17) is 0 Å². The van der Waals surface area contributed by atoms with Crippen LogP contribution in [0.15, 0.2) is 30.3 Å². The number of benzene rings is 1. The van der Waals surface area contributed by atoms with E-state index < -0.39 is 0 Å². The summed E-state index contributed by atoms with van der Waals surface area (Å²) >= 11 is 0. The molecule has 0 unspecified atom stereocenters. The molecule has 3 heteroatoms. The molecule has 0 radical (unpaired) electrons. The fraction of sp³-hybridized carbons (Fsp3) is 0.562. The van der Waals surface area contributed by atoms with Crippen LogP contribution in [0.4, 0.5) is 5.69 Å². The molecule has 0 aromatic heterocycles. The van der Waals surface area contributed by atoms with Crippen molar-refractivity contribution in [3.05, 3.63) is 30.3 Å². The molecule has 1 N–H and O–H groups in total. The number of carbonyl (C=O) groups is 1. The summed E-state index contributed by atoms with van der Waals surface area (Å²) in [5.41, 5.74) is 1.37. The van der Waals surface area contributed by atoms with Gasteiger partial charge in [0.2, 0.25) is 5.91 Å². The van der Waals surface area contributed by atoms with Crippen molar-refractivity contribution in [1.29, 1.82) is 0 Å². The van der Waals surface area contributed by atoms with Crippen LogP contribution in [0.5, 0.6) is 0 Å². The van der Waals surface area contributed by atoms with Gasteiger partial charge in [0.25, 0.3) is 0 Å². The highest BCUT2D eigenvalue weighted by molar-refractivity contribution is 5.81. The average Bonchev–Trinajstić information content (AvgIpc) is 2.91. The normalized spacial score (nSPS) is 17.5. The minimum absolute atomic E-state index is 0.215. The fourth-order valence-corrected chi connectivity index (χ4v) is 2.82. The number of amides is 1. The van der Waals surface area contributed by atoms with E-state index in [0.717, 1.165) is 25.2 Å². The van der Waals surface area contributed by atoms with E-state index in [1.54, 1.807) is 0 Å². The third kappa shape index (κ3) is 3.28. The first-order valence-electron chi connectivity index (χ1n) is 7.26. The molecule has 1 aromatic rings. The topological polar surface area (TPSA) is 32.3 Å². The van der Waals surface area contributed by atoms with Crippen molar-refractivity contribution in [2.24, 2.45) is 5.41 Å². The lowest BCUT2D eigenvalue weighted by atomic mass is 9.82. The quantitative estimate of drug-likeness (QED) is 0.882. The highest BCUT2D eigenvalue weighted by Gasteiger charge is 2.36. The Balaban J connectivity index is 1.85. The van der Waals surface area contributed by atoms with Gasteiger partial charge in [0.15, 0.2) is 0 Å². The van der Waals surface area contributed by atoms with Gasteiger partial charge in [-0.3, -0.25) is 4.79 Å². The Labute approximate surface area is 116 Å². The maximum Gasteiger partial charge on any atom is 0.241 e. The summed E-state index contributed by atoms with van der Waals surface area (Å²) in [6.45, 7) is 6.71. The van der Waals surface area contributed by atoms with Crippen LogP contribution < -0.4 is 5.32 Å². The maximum absolute atomic E-state index is 12.2. The molecule has 1 aromatic carbocycles. The molecule has 0 aliphatic carbocycles. The maximum atomic E-state index is 12.2. The third-order valence-corrected chi connectivity index (χ3v) is 4.51. The van der Waals surface area contributed by atoms with Crippen LogP contribution >= 0.6 is 0 Å². The molecule has 1 saturated heterocycles. The minimum Gasteiger partial charge on any atom is -0.376 e. The lowest BCUT2D eigenvalue weighted by Crippen LogP contribution is -2.35. The fourth-order valence-electron chi connectivity index (χ4n) is 2.82. The van der Waals surface area contributed by atoms with Gasteiger partial charge in [0.05, 0.1) is 6.54 Å². The third-order valence-electron chi connectivity index (χ3n) is 4.51. The van der Waals surface area contributed by atoms with Crippen molar-refractivity contribution in [3.8, 4) is 0 Å². The van der Waals surface area contributed by atoms with E-state index in [9.17, 15) is 4.79 Å². The first-order chi connectivity index (χ1) is 9.19. The van der Waals surface area contributed by atoms with Crippen LogP contribution in [0.1, 0.15) is 33.1 Å². The number of likely N-dealkylation sites (tertiary alicyclic amines) is 1. The van der Waals surface area contributed by atoms with Crippen LogP contribution in [0.2, 0.25) is 0 Å². The van der Waals surface area contributed by atoms with Crippen LogP contribution in [0.3, 0.4) is 0 Å². The van der Waals surface area contributed by atoms with E-state index in [1.165, 1.54) is 12.8 Å². The van der Waals surface area contributed by atoms with Crippen LogP contribution in [0, 0.1) is 5.41 Å². The number of nitrogens with one attached hydrogen (secondary N) is 1. The lowest BCUT2D eigenvalue weighted by Gasteiger charge is -2.26. The zero-order valence-electron chi connectivity index (χ0n) is 12.0. The molecule has 0 bridgehead atoms. The van der Waals surface area contributed by atoms with Crippen molar-refractivity contribution in [1.82, 2.24) is 4.90 Å². The van der Waals surface area contributed by atoms with Crippen LogP contribution in [-0.2, 0) is 4.79 Å². The lowest BCUT2D eigenvalue weighted by molar-refractivity contribution is -0.128. The van der Waals surface area contributed by atoms with Gasteiger partial charge in [-0.05, 0) is 36.8 Å². The second-order valence-corrected chi connectivity index (χ2v) is 5.49. The molecule has 2 rings (SSSR count). The molecule has 1 aliphatic rings. The van der Waals surface area contributed by atoms with Crippen LogP contribution in [-0.4, -0.2) is 30.4 Å². The predicted octanol–water partition coefficient (Wildman–Crippen LogP) is 3.14. The van der Waals surface area contributed by atoms with Gasteiger partial charge in [-0.1, -0.05) is 32.0 Å². The summed E-state index contributed by atoms with van der Waals surface area (Å²) in [5.74, 6) is 0.215. The number of rotatable bonds is 5. The monoisotopic (exact) mass is 260 g/mol. The smallest absolute Gasteiger partial charge is 0.241 e. The summed E-state index contributed by atoms with van der Waals surface area (Å²) in [6.07, 6.45) is 3.48. The van der Waals surface area contributed by atoms with E-state index in [-0.39, 0.29) is 5.91 Å². The van der Waals surface area contributed by atoms with E-state index >= 15 is 0 Å². The average molecular weight is 260 g/mol. The number of hydrogen-bond donors (Lipinski definition) is 1. The minimum atomic E-state index is 0.215. The summed E-state index contributed by atoms with van der Waals surface area (Å²) in [6, 6.07) is 9.90. The summed E-state index contributed by atoms with van der Waals surface area (Å²) in [7, 11) is 0. The molecule has 1 aliphatic heterocycles. The summed E-state index contributed by atoms with van der Waals surface area (Å²) < 4.78 is 0. The van der Waals surface area contributed by atoms with Crippen molar-refractivity contribution in [2.45, 2.75) is 33.1 Å².